The second-order valence-electron chi connectivity index (χ2n) is 5.06. The summed E-state index contributed by atoms with van der Waals surface area (Å²) in [5, 5.41) is 23.2. The average molecular weight is 379 g/mol. The third-order valence-electron chi connectivity index (χ3n) is 3.24. The molecule has 0 aliphatic heterocycles. The van der Waals surface area contributed by atoms with Gasteiger partial charge >= 0.3 is 6.61 Å². The third-order valence-corrected chi connectivity index (χ3v) is 3.24. The van der Waals surface area contributed by atoms with Crippen LogP contribution in [0.15, 0.2) is 30.5 Å². The van der Waals surface area contributed by atoms with Gasteiger partial charge < -0.3 is 15.4 Å². The zero-order valence-corrected chi connectivity index (χ0v) is 13.7. The Hall–Kier alpha value is -3.70. The molecule has 3 rings (SSSR count). The summed E-state index contributed by atoms with van der Waals surface area (Å²) in [6, 6.07) is 5.45. The minimum absolute atomic E-state index is 0.0216. The maximum absolute atomic E-state index is 12.9. The first-order chi connectivity index (χ1) is 14.1. The summed E-state index contributed by atoms with van der Waals surface area (Å²) in [6.07, 6.45) is 1.23. The summed E-state index contributed by atoms with van der Waals surface area (Å²) < 4.78 is 51.8. The lowest BCUT2D eigenvalue weighted by atomic mass is 10.2. The molecule has 2 heterocycles. The molecule has 0 aliphatic carbocycles. The van der Waals surface area contributed by atoms with E-state index in [4.69, 9.17) is 4.11 Å². The molecular weight excluding hydrogens is 362 g/mol. The minimum Gasteiger partial charge on any atom is -0.433 e. The predicted octanol–water partition coefficient (Wildman–Crippen LogP) is 1.47. The van der Waals surface area contributed by atoms with Gasteiger partial charge in [-0.2, -0.15) is 13.9 Å². The van der Waals surface area contributed by atoms with Crippen LogP contribution >= 0.6 is 0 Å². The molecule has 0 spiro atoms. The van der Waals surface area contributed by atoms with Crippen molar-refractivity contribution in [2.75, 3.05) is 12.3 Å². The Morgan fingerprint density at radius 3 is 2.85 bits per heavy atom. The van der Waals surface area contributed by atoms with Crippen molar-refractivity contribution in [1.29, 1.82) is 0 Å². The number of rotatable bonds is 6. The molecular formula is C15H14F2N8O2. The number of hydrogen-bond donors (Lipinski definition) is 2. The summed E-state index contributed by atoms with van der Waals surface area (Å²) in [4.78, 5) is 13.3. The Bertz CT molecular complexity index is 1060. The largest absolute Gasteiger partial charge is 0.433 e. The van der Waals surface area contributed by atoms with E-state index in [0.717, 1.165) is 4.80 Å². The van der Waals surface area contributed by atoms with Crippen molar-refractivity contribution >= 4 is 17.3 Å². The van der Waals surface area contributed by atoms with Crippen LogP contribution in [-0.4, -0.2) is 49.9 Å². The second-order valence-corrected chi connectivity index (χ2v) is 5.06. The van der Waals surface area contributed by atoms with Crippen molar-refractivity contribution < 1.29 is 22.4 Å². The maximum Gasteiger partial charge on any atom is 0.387 e. The summed E-state index contributed by atoms with van der Waals surface area (Å²) in [5.41, 5.74) is 0.0134. The van der Waals surface area contributed by atoms with Crippen LogP contribution in [0.1, 0.15) is 20.4 Å². The van der Waals surface area contributed by atoms with E-state index >= 15 is 0 Å². The number of tetrazole rings is 1. The summed E-state index contributed by atoms with van der Waals surface area (Å²) in [6.45, 7) is -4.28. The van der Waals surface area contributed by atoms with E-state index in [1.165, 1.54) is 30.5 Å². The van der Waals surface area contributed by atoms with Crippen molar-refractivity contribution in [2.24, 2.45) is 0 Å². The van der Waals surface area contributed by atoms with E-state index in [2.05, 4.69) is 35.7 Å². The number of benzene rings is 1. The number of hydrogen-bond acceptors (Lipinski definition) is 8. The molecule has 0 fully saturated rings. The number of alkyl halides is 2. The average Bonchev–Trinajstić information content (AvgIpc) is 3.08. The van der Waals surface area contributed by atoms with Crippen LogP contribution in [0, 0.1) is 6.92 Å². The number of carbonyl (C=O) groups excluding carboxylic acids is 1. The highest BCUT2D eigenvalue weighted by Gasteiger charge is 2.17. The highest BCUT2D eigenvalue weighted by atomic mass is 19.3. The van der Waals surface area contributed by atoms with E-state index in [9.17, 15) is 13.6 Å². The van der Waals surface area contributed by atoms with Gasteiger partial charge in [-0.05, 0) is 30.3 Å². The number of amides is 1. The van der Waals surface area contributed by atoms with Crippen LogP contribution in [0.5, 0.6) is 5.75 Å². The van der Waals surface area contributed by atoms with Gasteiger partial charge in [-0.3, -0.25) is 4.79 Å². The van der Waals surface area contributed by atoms with Gasteiger partial charge in [-0.25, -0.2) is 0 Å². The van der Waals surface area contributed by atoms with Gasteiger partial charge in [-0.1, -0.05) is 0 Å². The van der Waals surface area contributed by atoms with E-state index in [1.54, 1.807) is 12.2 Å². The molecule has 0 atom stereocenters. The quantitative estimate of drug-likeness (QED) is 0.661. The number of ether oxygens (including phenoxy) is 1. The number of nitrogens with one attached hydrogen (secondary N) is 2. The first-order valence-electron chi connectivity index (χ1n) is 8.89. The molecule has 1 amide bonds. The van der Waals surface area contributed by atoms with Crippen LogP contribution in [0.3, 0.4) is 0 Å². The Morgan fingerprint density at radius 1 is 1.30 bits per heavy atom. The first-order valence-corrected chi connectivity index (χ1v) is 7.39. The first kappa shape index (κ1) is 14.5. The fourth-order valence-corrected chi connectivity index (χ4v) is 2.13. The van der Waals surface area contributed by atoms with Gasteiger partial charge in [-0.15, -0.1) is 20.1 Å². The molecule has 0 radical (unpaired) electrons. The maximum atomic E-state index is 12.9. The Morgan fingerprint density at radius 2 is 2.15 bits per heavy atom. The van der Waals surface area contributed by atoms with Crippen molar-refractivity contribution in [1.82, 2.24) is 35.7 Å². The molecule has 10 nitrogen and oxygen atoms in total. The Kier molecular flexibility index (Phi) is 4.11. The number of halogens is 2. The number of carbonyl (C=O) groups is 1. The molecule has 2 aromatic heterocycles. The predicted molar refractivity (Wildman–Crippen MR) is 89.2 cm³/mol. The van der Waals surface area contributed by atoms with Crippen LogP contribution in [-0.2, 0) is 0 Å². The molecule has 0 aliphatic rings. The minimum atomic E-state index is -3.14. The molecule has 0 saturated carbocycles. The van der Waals surface area contributed by atoms with E-state index < -0.39 is 19.5 Å². The fraction of sp³-hybridized carbons (Fsp3) is 0.200. The standard InChI is InChI=1S/C15H14F2N8O2/c1-8-21-24-25(23-8)9-3-4-10(12(7-9)27-15(16)17)20-11-5-6-19-22-13(11)14(26)18-2/h3-7,15H,1-2H3,(H,18,26)(H,19,20)/i2D3. The molecule has 140 valence electrons. The Labute approximate surface area is 155 Å². The highest BCUT2D eigenvalue weighted by Crippen LogP contribution is 2.31. The smallest absolute Gasteiger partial charge is 0.387 e. The van der Waals surface area contributed by atoms with Gasteiger partial charge in [0.2, 0.25) is 0 Å². The third kappa shape index (κ3) is 4.11. The van der Waals surface area contributed by atoms with Gasteiger partial charge in [0.25, 0.3) is 5.91 Å². The number of nitrogens with zero attached hydrogens (tertiary/aromatic N) is 6. The van der Waals surface area contributed by atoms with Crippen molar-refractivity contribution in [3.8, 4) is 11.4 Å². The van der Waals surface area contributed by atoms with Crippen molar-refractivity contribution in [2.45, 2.75) is 13.5 Å². The second kappa shape index (κ2) is 7.68. The molecule has 12 heteroatoms. The normalized spacial score (nSPS) is 12.8. The van der Waals surface area contributed by atoms with E-state index in [1.807, 2.05) is 0 Å². The van der Waals surface area contributed by atoms with E-state index in [-0.39, 0.29) is 22.8 Å². The fourth-order valence-electron chi connectivity index (χ4n) is 2.13. The number of aryl methyl sites for hydroxylation is 1. The summed E-state index contributed by atoms with van der Waals surface area (Å²) in [7, 11) is 0. The van der Waals surface area contributed by atoms with Gasteiger partial charge in [0.05, 0.1) is 23.3 Å². The monoisotopic (exact) mass is 379 g/mol. The van der Waals surface area contributed by atoms with Gasteiger partial charge in [0, 0.05) is 17.2 Å². The molecule has 0 unspecified atom stereocenters. The van der Waals surface area contributed by atoms with Crippen LogP contribution in [0.2, 0.25) is 0 Å². The molecule has 1 aromatic carbocycles. The molecule has 27 heavy (non-hydrogen) atoms. The van der Waals surface area contributed by atoms with Crippen molar-refractivity contribution in [3.63, 3.8) is 0 Å². The zero-order valence-electron chi connectivity index (χ0n) is 16.7. The molecule has 0 bridgehead atoms. The summed E-state index contributed by atoms with van der Waals surface area (Å²) in [5.74, 6) is -0.932. The summed E-state index contributed by atoms with van der Waals surface area (Å²) >= 11 is 0. The van der Waals surface area contributed by atoms with Crippen LogP contribution < -0.4 is 15.4 Å². The SMILES string of the molecule is [2H]C([2H])([2H])NC(=O)c1nnccc1Nc1ccc(-n2nnc(C)n2)cc1OC(F)F. The topological polar surface area (TPSA) is 120 Å². The van der Waals surface area contributed by atoms with E-state index in [0.29, 0.717) is 11.5 Å². The van der Waals surface area contributed by atoms with Gasteiger partial charge in [0.15, 0.2) is 17.3 Å². The molecule has 0 saturated heterocycles. The number of anilines is 2. The lowest BCUT2D eigenvalue weighted by Crippen LogP contribution is -2.21. The lowest BCUT2D eigenvalue weighted by molar-refractivity contribution is -0.0493. The Balaban J connectivity index is 1.95. The zero-order chi connectivity index (χ0) is 21.9. The lowest BCUT2D eigenvalue weighted by Gasteiger charge is -2.15. The van der Waals surface area contributed by atoms with Crippen LogP contribution in [0.4, 0.5) is 20.2 Å². The number of aromatic nitrogens is 6. The highest BCUT2D eigenvalue weighted by molar-refractivity contribution is 5.98. The molecule has 2 N–H and O–H groups in total. The van der Waals surface area contributed by atoms with Crippen LogP contribution in [0.25, 0.3) is 5.69 Å². The van der Waals surface area contributed by atoms with Crippen molar-refractivity contribution in [3.05, 3.63) is 42.0 Å². The molecule has 3 aromatic rings. The van der Waals surface area contributed by atoms with Gasteiger partial charge in [0.1, 0.15) is 0 Å².